The van der Waals surface area contributed by atoms with Crippen molar-refractivity contribution < 1.29 is 18.8 Å². The van der Waals surface area contributed by atoms with Crippen LogP contribution in [0.2, 0.25) is 0 Å². The summed E-state index contributed by atoms with van der Waals surface area (Å²) in [6, 6.07) is 20.0. The Morgan fingerprint density at radius 2 is 1.69 bits per heavy atom. The summed E-state index contributed by atoms with van der Waals surface area (Å²) in [5.74, 6) is 2.81. The molecule has 0 fully saturated rings. The molecule has 2 aromatic carbocycles. The summed E-state index contributed by atoms with van der Waals surface area (Å²) < 4.78 is 16.4. The predicted molar refractivity (Wildman–Crippen MR) is 119 cm³/mol. The zero-order valence-electron chi connectivity index (χ0n) is 17.5. The van der Waals surface area contributed by atoms with E-state index in [4.69, 9.17) is 14.0 Å². The number of carbonyl (C=O) groups is 1. The van der Waals surface area contributed by atoms with E-state index < -0.39 is 0 Å². The molecule has 2 heterocycles. The minimum Gasteiger partial charge on any atom is -0.494 e. The SMILES string of the molecule is CCOc1ccc(Oc2ccc(NC(=O)CCc3nc(-c4ccccn4)no3)cc2)cc1. The molecular weight excluding hydrogens is 408 g/mol. The van der Waals surface area contributed by atoms with Crippen molar-refractivity contribution in [3.05, 3.63) is 78.8 Å². The van der Waals surface area contributed by atoms with Crippen molar-refractivity contribution in [1.82, 2.24) is 15.1 Å². The molecule has 0 unspecified atom stereocenters. The predicted octanol–water partition coefficient (Wildman–Crippen LogP) is 4.89. The highest BCUT2D eigenvalue weighted by Gasteiger charge is 2.11. The van der Waals surface area contributed by atoms with Crippen LogP contribution in [-0.2, 0) is 11.2 Å². The number of aryl methyl sites for hydroxylation is 1. The molecule has 2 aromatic heterocycles. The van der Waals surface area contributed by atoms with Gasteiger partial charge in [0.05, 0.1) is 6.61 Å². The molecule has 0 aliphatic rings. The van der Waals surface area contributed by atoms with Crippen LogP contribution in [0.15, 0.2) is 77.4 Å². The molecule has 4 aromatic rings. The van der Waals surface area contributed by atoms with E-state index in [1.807, 2.05) is 43.3 Å². The number of pyridine rings is 1. The molecule has 1 N–H and O–H groups in total. The summed E-state index contributed by atoms with van der Waals surface area (Å²) in [5.41, 5.74) is 1.30. The van der Waals surface area contributed by atoms with Crippen LogP contribution in [0.25, 0.3) is 11.5 Å². The van der Waals surface area contributed by atoms with E-state index in [1.54, 1.807) is 36.5 Å². The van der Waals surface area contributed by atoms with Gasteiger partial charge in [0.2, 0.25) is 17.6 Å². The molecule has 0 spiro atoms. The fourth-order valence-electron chi connectivity index (χ4n) is 2.91. The molecule has 8 heteroatoms. The van der Waals surface area contributed by atoms with Gasteiger partial charge in [0.1, 0.15) is 22.9 Å². The Morgan fingerprint density at radius 3 is 2.38 bits per heavy atom. The molecule has 1 amide bonds. The van der Waals surface area contributed by atoms with E-state index in [0.29, 0.717) is 47.6 Å². The average Bonchev–Trinajstić information content (AvgIpc) is 3.30. The Balaban J connectivity index is 1.26. The Labute approximate surface area is 185 Å². The first-order valence-corrected chi connectivity index (χ1v) is 10.2. The van der Waals surface area contributed by atoms with Crippen molar-refractivity contribution in [3.8, 4) is 28.8 Å². The van der Waals surface area contributed by atoms with Gasteiger partial charge in [-0.25, -0.2) is 0 Å². The van der Waals surface area contributed by atoms with Crippen molar-refractivity contribution >= 4 is 11.6 Å². The highest BCUT2D eigenvalue weighted by molar-refractivity contribution is 5.90. The van der Waals surface area contributed by atoms with Gasteiger partial charge in [-0.2, -0.15) is 4.98 Å². The maximum atomic E-state index is 12.3. The van der Waals surface area contributed by atoms with Gasteiger partial charge in [0, 0.05) is 24.7 Å². The van der Waals surface area contributed by atoms with Crippen molar-refractivity contribution in [2.45, 2.75) is 19.8 Å². The second kappa shape index (κ2) is 10.2. The average molecular weight is 430 g/mol. The minimum absolute atomic E-state index is 0.150. The third-order valence-corrected chi connectivity index (χ3v) is 4.44. The topological polar surface area (TPSA) is 99.4 Å². The molecule has 162 valence electrons. The van der Waals surface area contributed by atoms with Gasteiger partial charge < -0.3 is 19.3 Å². The van der Waals surface area contributed by atoms with Crippen LogP contribution in [0, 0.1) is 0 Å². The lowest BCUT2D eigenvalue weighted by atomic mass is 10.2. The first-order valence-electron chi connectivity index (χ1n) is 10.2. The highest BCUT2D eigenvalue weighted by atomic mass is 16.5. The number of nitrogens with one attached hydrogen (secondary N) is 1. The molecule has 4 rings (SSSR count). The van der Waals surface area contributed by atoms with Crippen LogP contribution >= 0.6 is 0 Å². The number of ether oxygens (including phenoxy) is 2. The largest absolute Gasteiger partial charge is 0.494 e. The molecular formula is C24H22N4O4. The molecule has 0 aliphatic heterocycles. The summed E-state index contributed by atoms with van der Waals surface area (Å²) in [6.45, 7) is 2.56. The second-order valence-corrected chi connectivity index (χ2v) is 6.81. The van der Waals surface area contributed by atoms with E-state index in [1.165, 1.54) is 0 Å². The standard InChI is InChI=1S/C24H22N4O4/c1-2-30-18-10-12-20(13-11-18)31-19-8-6-17(7-9-19)26-22(29)14-15-23-27-24(28-32-23)21-5-3-4-16-25-21/h3-13,16H,2,14-15H2,1H3,(H,26,29). The molecule has 32 heavy (non-hydrogen) atoms. The fraction of sp³-hybridized carbons (Fsp3) is 0.167. The lowest BCUT2D eigenvalue weighted by Crippen LogP contribution is -2.12. The van der Waals surface area contributed by atoms with Crippen molar-refractivity contribution in [2.24, 2.45) is 0 Å². The Hall–Kier alpha value is -4.20. The normalized spacial score (nSPS) is 10.5. The van der Waals surface area contributed by atoms with Gasteiger partial charge >= 0.3 is 0 Å². The molecule has 0 radical (unpaired) electrons. The van der Waals surface area contributed by atoms with Crippen LogP contribution in [-0.4, -0.2) is 27.6 Å². The van der Waals surface area contributed by atoms with Crippen molar-refractivity contribution in [3.63, 3.8) is 0 Å². The van der Waals surface area contributed by atoms with Gasteiger partial charge in [-0.05, 0) is 67.6 Å². The lowest BCUT2D eigenvalue weighted by molar-refractivity contribution is -0.116. The highest BCUT2D eigenvalue weighted by Crippen LogP contribution is 2.25. The summed E-state index contributed by atoms with van der Waals surface area (Å²) >= 11 is 0. The third kappa shape index (κ3) is 5.69. The number of rotatable bonds is 9. The quantitative estimate of drug-likeness (QED) is 0.403. The summed E-state index contributed by atoms with van der Waals surface area (Å²) in [4.78, 5) is 20.7. The van der Waals surface area contributed by atoms with E-state index >= 15 is 0 Å². The second-order valence-electron chi connectivity index (χ2n) is 6.81. The third-order valence-electron chi connectivity index (χ3n) is 4.44. The van der Waals surface area contributed by atoms with Gasteiger partial charge in [0.25, 0.3) is 0 Å². The van der Waals surface area contributed by atoms with E-state index in [9.17, 15) is 4.79 Å². The van der Waals surface area contributed by atoms with E-state index in [0.717, 1.165) is 5.75 Å². The maximum Gasteiger partial charge on any atom is 0.227 e. The monoisotopic (exact) mass is 430 g/mol. The molecule has 0 aliphatic carbocycles. The zero-order valence-corrected chi connectivity index (χ0v) is 17.5. The molecule has 0 saturated carbocycles. The Morgan fingerprint density at radius 1 is 0.969 bits per heavy atom. The maximum absolute atomic E-state index is 12.3. The van der Waals surface area contributed by atoms with Crippen LogP contribution in [0.5, 0.6) is 17.2 Å². The zero-order chi connectivity index (χ0) is 22.2. The van der Waals surface area contributed by atoms with Gasteiger partial charge in [-0.3, -0.25) is 9.78 Å². The number of benzene rings is 2. The van der Waals surface area contributed by atoms with Gasteiger partial charge in [-0.1, -0.05) is 11.2 Å². The Kier molecular flexibility index (Phi) is 6.72. The van der Waals surface area contributed by atoms with E-state index in [-0.39, 0.29) is 12.3 Å². The van der Waals surface area contributed by atoms with E-state index in [2.05, 4.69) is 20.4 Å². The van der Waals surface area contributed by atoms with Crippen LogP contribution < -0.4 is 14.8 Å². The number of hydrogen-bond acceptors (Lipinski definition) is 7. The first kappa shape index (κ1) is 21.0. The number of anilines is 1. The number of nitrogens with zero attached hydrogens (tertiary/aromatic N) is 3. The first-order chi connectivity index (χ1) is 15.7. The van der Waals surface area contributed by atoms with Crippen molar-refractivity contribution in [2.75, 3.05) is 11.9 Å². The number of aromatic nitrogens is 3. The molecule has 0 bridgehead atoms. The lowest BCUT2D eigenvalue weighted by Gasteiger charge is -2.09. The Bertz CT molecular complexity index is 1140. The smallest absolute Gasteiger partial charge is 0.227 e. The number of carbonyl (C=O) groups excluding carboxylic acids is 1. The minimum atomic E-state index is -0.150. The van der Waals surface area contributed by atoms with Crippen LogP contribution in [0.1, 0.15) is 19.2 Å². The summed E-state index contributed by atoms with van der Waals surface area (Å²) in [7, 11) is 0. The van der Waals surface area contributed by atoms with Crippen molar-refractivity contribution in [1.29, 1.82) is 0 Å². The molecule has 0 atom stereocenters. The number of hydrogen-bond donors (Lipinski definition) is 1. The fourth-order valence-corrected chi connectivity index (χ4v) is 2.91. The molecule has 8 nitrogen and oxygen atoms in total. The van der Waals surface area contributed by atoms with Crippen LogP contribution in [0.4, 0.5) is 5.69 Å². The summed E-state index contributed by atoms with van der Waals surface area (Å²) in [6.07, 6.45) is 2.21. The molecule has 0 saturated heterocycles. The van der Waals surface area contributed by atoms with Gasteiger partial charge in [0.15, 0.2) is 0 Å². The van der Waals surface area contributed by atoms with Crippen LogP contribution in [0.3, 0.4) is 0 Å². The summed E-state index contributed by atoms with van der Waals surface area (Å²) in [5, 5.41) is 6.76. The number of amides is 1. The van der Waals surface area contributed by atoms with Gasteiger partial charge in [-0.15, -0.1) is 0 Å².